The molecular formula is C27H34N6O. The van der Waals surface area contributed by atoms with Crippen LogP contribution in [0.3, 0.4) is 0 Å². The van der Waals surface area contributed by atoms with Gasteiger partial charge in [0.25, 0.3) is 5.56 Å². The van der Waals surface area contributed by atoms with E-state index < -0.39 is 0 Å². The zero-order valence-electron chi connectivity index (χ0n) is 19.8. The van der Waals surface area contributed by atoms with Crippen LogP contribution in [-0.4, -0.2) is 33.2 Å². The van der Waals surface area contributed by atoms with Crippen molar-refractivity contribution in [1.82, 2.24) is 14.1 Å². The Morgan fingerprint density at radius 2 is 1.88 bits per heavy atom. The molecule has 178 valence electrons. The second-order valence-corrected chi connectivity index (χ2v) is 9.96. The Labute approximate surface area is 200 Å². The first-order chi connectivity index (χ1) is 16.7. The van der Waals surface area contributed by atoms with Crippen molar-refractivity contribution in [3.8, 4) is 6.07 Å². The number of nitrogens with zero attached hydrogens (tertiary/aromatic N) is 5. The number of hydrogen-bond donors (Lipinski definition) is 1. The number of rotatable bonds is 6. The van der Waals surface area contributed by atoms with E-state index in [1.54, 1.807) is 10.9 Å². The third-order valence-electron chi connectivity index (χ3n) is 7.56. The van der Waals surface area contributed by atoms with E-state index in [4.69, 9.17) is 5.73 Å². The predicted molar refractivity (Wildman–Crippen MR) is 135 cm³/mol. The van der Waals surface area contributed by atoms with Gasteiger partial charge in [-0.1, -0.05) is 62.4 Å². The average Bonchev–Trinajstić information content (AvgIpc) is 3.18. The van der Waals surface area contributed by atoms with Gasteiger partial charge < -0.3 is 15.2 Å². The Hall–Kier alpha value is -3.11. The van der Waals surface area contributed by atoms with Gasteiger partial charge in [-0.15, -0.1) is 0 Å². The van der Waals surface area contributed by atoms with Crippen LogP contribution in [0.5, 0.6) is 0 Å². The summed E-state index contributed by atoms with van der Waals surface area (Å²) in [4.78, 5) is 20.6. The summed E-state index contributed by atoms with van der Waals surface area (Å²) in [7, 11) is 0. The topological polar surface area (TPSA) is 92.9 Å². The minimum absolute atomic E-state index is 0.0548. The highest BCUT2D eigenvalue weighted by molar-refractivity contribution is 5.89. The monoisotopic (exact) mass is 458 g/mol. The third kappa shape index (κ3) is 4.47. The molecule has 7 nitrogen and oxygen atoms in total. The summed E-state index contributed by atoms with van der Waals surface area (Å²) in [6.45, 7) is 2.69. The number of aromatic nitrogens is 3. The van der Waals surface area contributed by atoms with Gasteiger partial charge in [0.15, 0.2) is 0 Å². The van der Waals surface area contributed by atoms with Crippen molar-refractivity contribution in [1.29, 1.82) is 5.26 Å². The van der Waals surface area contributed by atoms with Gasteiger partial charge in [0.05, 0.1) is 6.33 Å². The minimum atomic E-state index is -0.0548. The zero-order chi connectivity index (χ0) is 23.5. The fraction of sp³-hybridized carbons (Fsp3) is 0.519. The molecule has 3 heterocycles. The van der Waals surface area contributed by atoms with Crippen LogP contribution in [0.4, 0.5) is 5.82 Å². The maximum absolute atomic E-state index is 13.8. The summed E-state index contributed by atoms with van der Waals surface area (Å²) in [5, 5.41) is 10.2. The molecule has 0 unspecified atom stereocenters. The van der Waals surface area contributed by atoms with Gasteiger partial charge >= 0.3 is 0 Å². The molecule has 34 heavy (non-hydrogen) atoms. The van der Waals surface area contributed by atoms with Crippen LogP contribution in [0.25, 0.3) is 11.0 Å². The molecule has 1 aliphatic carbocycles. The van der Waals surface area contributed by atoms with Crippen molar-refractivity contribution in [2.45, 2.75) is 70.5 Å². The van der Waals surface area contributed by atoms with Crippen LogP contribution >= 0.6 is 0 Å². The predicted octanol–water partition coefficient (Wildman–Crippen LogP) is 4.02. The molecule has 2 fully saturated rings. The molecule has 7 heteroatoms. The number of anilines is 1. The molecule has 2 aromatic heterocycles. The van der Waals surface area contributed by atoms with E-state index in [1.807, 2.05) is 22.8 Å². The number of benzene rings is 1. The first-order valence-corrected chi connectivity index (χ1v) is 12.7. The maximum atomic E-state index is 13.8. The quantitative estimate of drug-likeness (QED) is 0.602. The molecule has 1 saturated carbocycles. The van der Waals surface area contributed by atoms with E-state index in [2.05, 4.69) is 28.1 Å². The lowest BCUT2D eigenvalue weighted by Crippen LogP contribution is -2.44. The lowest BCUT2D eigenvalue weighted by molar-refractivity contribution is 0.322. The highest BCUT2D eigenvalue weighted by Gasteiger charge is 2.28. The van der Waals surface area contributed by atoms with E-state index in [-0.39, 0.29) is 11.6 Å². The van der Waals surface area contributed by atoms with E-state index in [0.29, 0.717) is 42.1 Å². The number of nitrogens with two attached hydrogens (primary N) is 1. The molecule has 1 aromatic carbocycles. The van der Waals surface area contributed by atoms with Crippen LogP contribution in [0.1, 0.15) is 62.5 Å². The first-order valence-electron chi connectivity index (χ1n) is 12.7. The van der Waals surface area contributed by atoms with Crippen LogP contribution in [0, 0.1) is 17.2 Å². The molecule has 5 rings (SSSR count). The Balaban J connectivity index is 1.60. The number of nitriles is 1. The fourth-order valence-electron chi connectivity index (χ4n) is 5.76. The first kappa shape index (κ1) is 22.7. The Bertz CT molecular complexity index is 1230. The molecule has 2 aliphatic rings. The SMILES string of the molecule is N#Cc1c(N2CCC[C@H](N)C2)n(Cc2ccccc2)c2c(=O)n(CCC3CCCCC3)cnc12. The molecule has 3 aromatic rings. The molecule has 0 bridgehead atoms. The second-order valence-electron chi connectivity index (χ2n) is 9.96. The molecule has 0 spiro atoms. The van der Waals surface area contributed by atoms with Gasteiger partial charge in [-0.05, 0) is 30.7 Å². The summed E-state index contributed by atoms with van der Waals surface area (Å²) in [5.41, 5.74) is 8.85. The molecule has 0 amide bonds. The normalized spacial score (nSPS) is 19.4. The van der Waals surface area contributed by atoms with Crippen molar-refractivity contribution in [3.63, 3.8) is 0 Å². The Kier molecular flexibility index (Phi) is 6.68. The van der Waals surface area contributed by atoms with Crippen molar-refractivity contribution < 1.29 is 0 Å². The smallest absolute Gasteiger partial charge is 0.277 e. The van der Waals surface area contributed by atoms with Crippen molar-refractivity contribution in [3.05, 3.63) is 58.1 Å². The van der Waals surface area contributed by atoms with Crippen LogP contribution < -0.4 is 16.2 Å². The Morgan fingerprint density at radius 1 is 1.09 bits per heavy atom. The van der Waals surface area contributed by atoms with Crippen LogP contribution in [0.2, 0.25) is 0 Å². The van der Waals surface area contributed by atoms with Gasteiger partial charge in [-0.25, -0.2) is 4.98 Å². The largest absolute Gasteiger partial charge is 0.355 e. The highest BCUT2D eigenvalue weighted by atomic mass is 16.1. The average molecular weight is 459 g/mol. The number of fused-ring (bicyclic) bond motifs is 1. The van der Waals surface area contributed by atoms with Gasteiger partial charge in [-0.3, -0.25) is 9.36 Å². The molecule has 1 aliphatic heterocycles. The van der Waals surface area contributed by atoms with Crippen LogP contribution in [-0.2, 0) is 13.1 Å². The minimum Gasteiger partial charge on any atom is -0.355 e. The molecule has 0 radical (unpaired) electrons. The highest BCUT2D eigenvalue weighted by Crippen LogP contribution is 2.32. The number of hydrogen-bond acceptors (Lipinski definition) is 5. The summed E-state index contributed by atoms with van der Waals surface area (Å²) in [6, 6.07) is 12.5. The Morgan fingerprint density at radius 3 is 2.62 bits per heavy atom. The van der Waals surface area contributed by atoms with Gasteiger partial charge in [0.2, 0.25) is 0 Å². The standard InChI is InChI=1S/C27H34N6O/c28-16-23-24-25(27(34)32(19-30-24)15-13-20-8-3-1-4-9-20)33(17-21-10-5-2-6-11-21)26(23)31-14-7-12-22(29)18-31/h2,5-6,10-11,19-20,22H,1,3-4,7-9,12-15,17-18,29H2/t22-/m0/s1. The van der Waals surface area contributed by atoms with Gasteiger partial charge in [0.1, 0.15) is 28.5 Å². The van der Waals surface area contributed by atoms with Crippen molar-refractivity contribution in [2.24, 2.45) is 11.7 Å². The van der Waals surface area contributed by atoms with Crippen LogP contribution in [0.15, 0.2) is 41.5 Å². The lowest BCUT2D eigenvalue weighted by atomic mass is 9.87. The molecule has 2 N–H and O–H groups in total. The van der Waals surface area contributed by atoms with Gasteiger partial charge in [-0.2, -0.15) is 5.26 Å². The molecule has 1 atom stereocenters. The lowest BCUT2D eigenvalue weighted by Gasteiger charge is -2.33. The van der Waals surface area contributed by atoms with E-state index >= 15 is 0 Å². The van der Waals surface area contributed by atoms with Gasteiger partial charge in [0, 0.05) is 32.2 Å². The summed E-state index contributed by atoms with van der Waals surface area (Å²) >= 11 is 0. The van der Waals surface area contributed by atoms with Crippen molar-refractivity contribution in [2.75, 3.05) is 18.0 Å². The summed E-state index contributed by atoms with van der Waals surface area (Å²) in [5.74, 6) is 1.47. The molecule has 1 saturated heterocycles. The van der Waals surface area contributed by atoms with Crippen molar-refractivity contribution >= 4 is 16.9 Å². The summed E-state index contributed by atoms with van der Waals surface area (Å²) in [6.07, 6.45) is 11.0. The van der Waals surface area contributed by atoms with E-state index in [0.717, 1.165) is 37.2 Å². The fourth-order valence-corrected chi connectivity index (χ4v) is 5.76. The summed E-state index contributed by atoms with van der Waals surface area (Å²) < 4.78 is 3.78. The zero-order valence-corrected chi connectivity index (χ0v) is 19.8. The molecular weight excluding hydrogens is 424 g/mol. The van der Waals surface area contributed by atoms with E-state index in [1.165, 1.54) is 32.1 Å². The third-order valence-corrected chi connectivity index (χ3v) is 7.56. The number of aryl methyl sites for hydroxylation is 1. The number of piperidine rings is 1. The second kappa shape index (κ2) is 10.0. The van der Waals surface area contributed by atoms with E-state index in [9.17, 15) is 10.1 Å². The maximum Gasteiger partial charge on any atom is 0.277 e.